The second kappa shape index (κ2) is 5.97. The second-order valence-electron chi connectivity index (χ2n) is 5.77. The van der Waals surface area contributed by atoms with Gasteiger partial charge in [0.1, 0.15) is 0 Å². The van der Waals surface area contributed by atoms with Gasteiger partial charge in [0.05, 0.1) is 24.9 Å². The smallest absolute Gasteiger partial charge is 0.162 e. The highest BCUT2D eigenvalue weighted by molar-refractivity contribution is 5.58. The van der Waals surface area contributed by atoms with Gasteiger partial charge in [-0.1, -0.05) is 24.3 Å². The lowest BCUT2D eigenvalue weighted by atomic mass is 10.1. The van der Waals surface area contributed by atoms with Crippen LogP contribution in [0, 0.1) is 0 Å². The molecule has 5 heteroatoms. The number of hydrogen-bond acceptors (Lipinski definition) is 4. The summed E-state index contributed by atoms with van der Waals surface area (Å²) >= 11 is 0. The largest absolute Gasteiger partial charge is 0.349 e. The highest BCUT2D eigenvalue weighted by atomic mass is 16.7. The molecule has 2 N–H and O–H groups in total. The topological polar surface area (TPSA) is 59.2 Å². The molecule has 0 bridgehead atoms. The van der Waals surface area contributed by atoms with E-state index in [2.05, 4.69) is 39.8 Å². The fourth-order valence-electron chi connectivity index (χ4n) is 2.29. The number of aromatic nitrogens is 2. The molecule has 3 rings (SSSR count). The van der Waals surface area contributed by atoms with Crippen LogP contribution >= 0.6 is 0 Å². The molecule has 1 aliphatic heterocycles. The van der Waals surface area contributed by atoms with Gasteiger partial charge in [0.2, 0.25) is 0 Å². The van der Waals surface area contributed by atoms with Crippen molar-refractivity contribution in [1.82, 2.24) is 15.5 Å². The van der Waals surface area contributed by atoms with E-state index in [1.807, 2.05) is 19.9 Å². The number of nitrogens with zero attached hydrogens (tertiary/aromatic N) is 1. The molecule has 1 aromatic heterocycles. The summed E-state index contributed by atoms with van der Waals surface area (Å²) in [5.74, 6) is -0.454. The molecule has 0 unspecified atom stereocenters. The summed E-state index contributed by atoms with van der Waals surface area (Å²) in [7, 11) is 0. The summed E-state index contributed by atoms with van der Waals surface area (Å²) in [6.45, 7) is 6.05. The zero-order valence-electron chi connectivity index (χ0n) is 12.4. The van der Waals surface area contributed by atoms with E-state index in [1.165, 1.54) is 5.56 Å². The predicted octanol–water partition coefficient (Wildman–Crippen LogP) is 2.32. The first-order valence-electron chi connectivity index (χ1n) is 7.22. The van der Waals surface area contributed by atoms with Crippen molar-refractivity contribution in [3.63, 3.8) is 0 Å². The van der Waals surface area contributed by atoms with Crippen LogP contribution in [0.25, 0.3) is 11.3 Å². The third-order valence-electron chi connectivity index (χ3n) is 3.62. The fourth-order valence-corrected chi connectivity index (χ4v) is 2.29. The number of nitrogens with one attached hydrogen (secondary N) is 2. The second-order valence-corrected chi connectivity index (χ2v) is 5.77. The Morgan fingerprint density at radius 3 is 2.52 bits per heavy atom. The summed E-state index contributed by atoms with van der Waals surface area (Å²) in [6.07, 6.45) is 1.76. The third-order valence-corrected chi connectivity index (χ3v) is 3.62. The van der Waals surface area contributed by atoms with Crippen molar-refractivity contribution in [2.45, 2.75) is 32.2 Å². The van der Waals surface area contributed by atoms with Crippen LogP contribution in [0.15, 0.2) is 36.5 Å². The first-order valence-corrected chi connectivity index (χ1v) is 7.22. The maximum absolute atomic E-state index is 5.64. The Labute approximate surface area is 124 Å². The summed E-state index contributed by atoms with van der Waals surface area (Å²) in [5.41, 5.74) is 3.41. The molecular weight excluding hydrogens is 266 g/mol. The molecule has 2 aromatic rings. The Bertz CT molecular complexity index is 554. The van der Waals surface area contributed by atoms with E-state index in [-0.39, 0.29) is 6.04 Å². The average Bonchev–Trinajstić information content (AvgIpc) is 3.01. The molecule has 0 amide bonds. The molecule has 0 radical (unpaired) electrons. The van der Waals surface area contributed by atoms with Gasteiger partial charge in [-0.15, -0.1) is 0 Å². The van der Waals surface area contributed by atoms with Crippen LogP contribution in [-0.4, -0.2) is 35.2 Å². The molecular formula is C16H21N3O2. The van der Waals surface area contributed by atoms with Crippen LogP contribution in [0.1, 0.15) is 19.4 Å². The van der Waals surface area contributed by atoms with E-state index in [0.717, 1.165) is 17.8 Å². The van der Waals surface area contributed by atoms with Crippen molar-refractivity contribution >= 4 is 0 Å². The van der Waals surface area contributed by atoms with Crippen LogP contribution < -0.4 is 5.32 Å². The maximum Gasteiger partial charge on any atom is 0.162 e. The van der Waals surface area contributed by atoms with Gasteiger partial charge < -0.3 is 14.8 Å². The SMILES string of the molecule is CC1(C)OCC(NCc2ccc(-c3ccn[nH]3)cc2)CO1. The lowest BCUT2D eigenvalue weighted by Gasteiger charge is -2.35. The number of aromatic amines is 1. The van der Waals surface area contributed by atoms with Crippen molar-refractivity contribution in [2.75, 3.05) is 13.2 Å². The first-order chi connectivity index (χ1) is 10.1. The quantitative estimate of drug-likeness (QED) is 0.906. The average molecular weight is 287 g/mol. The molecule has 2 heterocycles. The van der Waals surface area contributed by atoms with Crippen LogP contribution in [0.5, 0.6) is 0 Å². The minimum Gasteiger partial charge on any atom is -0.349 e. The lowest BCUT2D eigenvalue weighted by molar-refractivity contribution is -0.253. The Kier molecular flexibility index (Phi) is 4.05. The van der Waals surface area contributed by atoms with Crippen LogP contribution in [0.3, 0.4) is 0 Å². The minimum atomic E-state index is -0.454. The maximum atomic E-state index is 5.64. The van der Waals surface area contributed by atoms with E-state index in [4.69, 9.17) is 9.47 Å². The van der Waals surface area contributed by atoms with E-state index < -0.39 is 5.79 Å². The van der Waals surface area contributed by atoms with Crippen molar-refractivity contribution < 1.29 is 9.47 Å². The fraction of sp³-hybridized carbons (Fsp3) is 0.438. The van der Waals surface area contributed by atoms with Crippen molar-refractivity contribution in [1.29, 1.82) is 0 Å². The highest BCUT2D eigenvalue weighted by Gasteiger charge is 2.27. The van der Waals surface area contributed by atoms with Crippen LogP contribution in [0.4, 0.5) is 0 Å². The van der Waals surface area contributed by atoms with E-state index >= 15 is 0 Å². The van der Waals surface area contributed by atoms with Crippen molar-refractivity contribution in [2.24, 2.45) is 0 Å². The minimum absolute atomic E-state index is 0.241. The standard InChI is InChI=1S/C16H21N3O2/c1-16(2)20-10-14(11-21-16)17-9-12-3-5-13(6-4-12)15-7-8-18-19-15/h3-8,14,17H,9-11H2,1-2H3,(H,18,19). The van der Waals surface area contributed by atoms with Crippen molar-refractivity contribution in [3.8, 4) is 11.3 Å². The molecule has 0 saturated carbocycles. The molecule has 0 aliphatic carbocycles. The van der Waals surface area contributed by atoms with Crippen LogP contribution in [-0.2, 0) is 16.0 Å². The molecule has 0 spiro atoms. The summed E-state index contributed by atoms with van der Waals surface area (Å²) in [4.78, 5) is 0. The van der Waals surface area contributed by atoms with Gasteiger partial charge in [-0.25, -0.2) is 0 Å². The Morgan fingerprint density at radius 2 is 1.90 bits per heavy atom. The number of hydrogen-bond donors (Lipinski definition) is 2. The van der Waals surface area contributed by atoms with Crippen LogP contribution in [0.2, 0.25) is 0 Å². The zero-order chi connectivity index (χ0) is 14.7. The van der Waals surface area contributed by atoms with Gasteiger partial charge in [-0.3, -0.25) is 5.10 Å². The van der Waals surface area contributed by atoms with Gasteiger partial charge in [-0.05, 0) is 31.0 Å². The normalized spacial score (nSPS) is 18.8. The van der Waals surface area contributed by atoms with Gasteiger partial charge in [-0.2, -0.15) is 5.10 Å². The Morgan fingerprint density at radius 1 is 1.19 bits per heavy atom. The summed E-state index contributed by atoms with van der Waals surface area (Å²) < 4.78 is 11.3. The molecule has 21 heavy (non-hydrogen) atoms. The predicted molar refractivity (Wildman–Crippen MR) is 80.6 cm³/mol. The monoisotopic (exact) mass is 287 g/mol. The first kappa shape index (κ1) is 14.3. The highest BCUT2D eigenvalue weighted by Crippen LogP contribution is 2.18. The number of ether oxygens (including phenoxy) is 2. The van der Waals surface area contributed by atoms with Gasteiger partial charge in [0.15, 0.2) is 5.79 Å². The van der Waals surface area contributed by atoms with Gasteiger partial charge in [0.25, 0.3) is 0 Å². The number of benzene rings is 1. The van der Waals surface area contributed by atoms with Crippen molar-refractivity contribution in [3.05, 3.63) is 42.1 Å². The molecule has 1 aromatic carbocycles. The Hall–Kier alpha value is -1.69. The number of H-pyrrole nitrogens is 1. The molecule has 5 nitrogen and oxygen atoms in total. The van der Waals surface area contributed by atoms with E-state index in [9.17, 15) is 0 Å². The van der Waals surface area contributed by atoms with Gasteiger partial charge in [0, 0.05) is 12.7 Å². The summed E-state index contributed by atoms with van der Waals surface area (Å²) in [6, 6.07) is 10.6. The van der Waals surface area contributed by atoms with E-state index in [0.29, 0.717) is 13.2 Å². The number of rotatable bonds is 4. The molecule has 1 saturated heterocycles. The molecule has 112 valence electrons. The van der Waals surface area contributed by atoms with Gasteiger partial charge >= 0.3 is 0 Å². The van der Waals surface area contributed by atoms with E-state index in [1.54, 1.807) is 6.20 Å². The summed E-state index contributed by atoms with van der Waals surface area (Å²) in [5, 5.41) is 10.4. The lowest BCUT2D eigenvalue weighted by Crippen LogP contribution is -2.48. The third kappa shape index (κ3) is 3.69. The zero-order valence-corrected chi connectivity index (χ0v) is 12.4. The Balaban J connectivity index is 1.52. The molecule has 1 fully saturated rings. The molecule has 0 atom stereocenters. The molecule has 1 aliphatic rings.